The molecule has 5 atom stereocenters. The largest absolute Gasteiger partial charge is 0.472 e. The fraction of sp³-hybridized carbons (Fsp3) is 0.694. The van der Waals surface area contributed by atoms with E-state index in [-0.39, 0.29) is 25.7 Å². The molecule has 0 aromatic heterocycles. The molecule has 3 N–H and O–H groups in total. The molecule has 19 heteroatoms. The van der Waals surface area contributed by atoms with E-state index in [1.165, 1.54) is 89.9 Å². The quantitative estimate of drug-likeness (QED) is 0.0169. The molecule has 0 rings (SSSR count). The fourth-order valence-corrected chi connectivity index (χ4v) is 12.1. The molecule has 0 amide bonds. The van der Waals surface area contributed by atoms with Gasteiger partial charge >= 0.3 is 39.5 Å². The SMILES string of the molecule is CC/C=C\C/C=C\C/C=C\C/C=C\C/C=C\C/C=C\CCC(=O)OCC(COP(=O)(O)OCC(O)COP(=O)(O)OCC(COC(=O)CCCCCC/C=C\C/C=C\C/C=C\C/C=C\CC)OC(=O)CCCCCCCCCCCCCCCCC)OC(=O)CCCCCCC/C=C\CCCCCC. The molecule has 0 aliphatic heterocycles. The minimum absolute atomic E-state index is 0.0322. The third-order valence-electron chi connectivity index (χ3n) is 16.6. The number of hydrogen-bond donors (Lipinski definition) is 3. The van der Waals surface area contributed by atoms with Crippen LogP contribution in [0.1, 0.15) is 323 Å². The number of ether oxygens (including phenoxy) is 4. The summed E-state index contributed by atoms with van der Waals surface area (Å²) in [4.78, 5) is 73.0. The van der Waals surface area contributed by atoms with Gasteiger partial charge in [-0.05, 0) is 128 Å². The molecule has 0 spiro atoms. The zero-order valence-corrected chi connectivity index (χ0v) is 66.9. The van der Waals surface area contributed by atoms with Crippen LogP contribution in [0.3, 0.4) is 0 Å². The number of unbranched alkanes of at least 4 members (excludes halogenated alkanes) is 27. The summed E-state index contributed by atoms with van der Waals surface area (Å²) in [6, 6.07) is 0. The average Bonchev–Trinajstić information content (AvgIpc) is 0.939. The van der Waals surface area contributed by atoms with Gasteiger partial charge in [0.15, 0.2) is 12.2 Å². The zero-order valence-electron chi connectivity index (χ0n) is 65.2. The highest BCUT2D eigenvalue weighted by atomic mass is 31.2. The van der Waals surface area contributed by atoms with Crippen molar-refractivity contribution in [2.45, 2.75) is 341 Å². The fourth-order valence-electron chi connectivity index (χ4n) is 10.5. The summed E-state index contributed by atoms with van der Waals surface area (Å²) in [7, 11) is -9.99. The van der Waals surface area contributed by atoms with E-state index in [9.17, 15) is 43.2 Å². The molecular weight excluding hydrogens is 1350 g/mol. The molecule has 0 saturated carbocycles. The molecule has 596 valence electrons. The number of phosphoric ester groups is 2. The van der Waals surface area contributed by atoms with Gasteiger partial charge in [-0.2, -0.15) is 0 Å². The smallest absolute Gasteiger partial charge is 0.462 e. The number of esters is 4. The number of allylic oxidation sites excluding steroid dienone is 22. The molecule has 104 heavy (non-hydrogen) atoms. The molecule has 0 fully saturated rings. The molecule has 0 radical (unpaired) electrons. The highest BCUT2D eigenvalue weighted by Gasteiger charge is 2.30. The number of aliphatic hydroxyl groups excluding tert-OH is 1. The molecule has 0 bridgehead atoms. The van der Waals surface area contributed by atoms with Crippen molar-refractivity contribution in [2.24, 2.45) is 0 Å². The molecule has 0 aliphatic carbocycles. The lowest BCUT2D eigenvalue weighted by atomic mass is 10.0. The number of rotatable bonds is 75. The topological polar surface area (TPSA) is 237 Å². The van der Waals surface area contributed by atoms with Gasteiger partial charge in [-0.3, -0.25) is 37.3 Å². The van der Waals surface area contributed by atoms with Gasteiger partial charge < -0.3 is 33.8 Å². The van der Waals surface area contributed by atoms with Crippen LogP contribution < -0.4 is 0 Å². The van der Waals surface area contributed by atoms with E-state index in [2.05, 4.69) is 143 Å². The lowest BCUT2D eigenvalue weighted by Crippen LogP contribution is -2.30. The molecule has 0 saturated heterocycles. The van der Waals surface area contributed by atoms with Gasteiger partial charge in [-0.25, -0.2) is 9.13 Å². The van der Waals surface area contributed by atoms with Gasteiger partial charge in [0.05, 0.1) is 26.4 Å². The Morgan fingerprint density at radius 2 is 0.519 bits per heavy atom. The predicted octanol–water partition coefficient (Wildman–Crippen LogP) is 23.7. The van der Waals surface area contributed by atoms with Crippen LogP contribution in [-0.4, -0.2) is 96.7 Å². The predicted molar refractivity (Wildman–Crippen MR) is 427 cm³/mol. The van der Waals surface area contributed by atoms with Gasteiger partial charge in [0.1, 0.15) is 19.3 Å². The first-order valence-corrected chi connectivity index (χ1v) is 43.4. The number of aliphatic hydroxyl groups is 1. The molecular formula is C85H144O17P2. The van der Waals surface area contributed by atoms with Gasteiger partial charge in [0, 0.05) is 25.7 Å². The second-order valence-corrected chi connectivity index (χ2v) is 29.5. The summed E-state index contributed by atoms with van der Waals surface area (Å²) >= 11 is 0. The van der Waals surface area contributed by atoms with E-state index in [0.717, 1.165) is 148 Å². The minimum Gasteiger partial charge on any atom is -0.462 e. The van der Waals surface area contributed by atoms with E-state index in [1.54, 1.807) is 0 Å². The second kappa shape index (κ2) is 76.4. The Bertz CT molecular complexity index is 2490. The van der Waals surface area contributed by atoms with Crippen molar-refractivity contribution in [1.82, 2.24) is 0 Å². The third kappa shape index (κ3) is 75.4. The van der Waals surface area contributed by atoms with Crippen molar-refractivity contribution in [3.05, 3.63) is 134 Å². The zero-order chi connectivity index (χ0) is 76.0. The summed E-state index contributed by atoms with van der Waals surface area (Å²) in [5.74, 6) is -2.30. The maximum atomic E-state index is 13.1. The van der Waals surface area contributed by atoms with E-state index in [1.807, 2.05) is 18.2 Å². The summed E-state index contributed by atoms with van der Waals surface area (Å²) < 4.78 is 68.5. The lowest BCUT2D eigenvalue weighted by molar-refractivity contribution is -0.161. The van der Waals surface area contributed by atoms with Crippen LogP contribution in [0.25, 0.3) is 0 Å². The maximum Gasteiger partial charge on any atom is 0.472 e. The molecule has 0 aromatic rings. The normalized spacial score (nSPS) is 14.6. The minimum atomic E-state index is -5.00. The first-order chi connectivity index (χ1) is 50.7. The maximum absolute atomic E-state index is 13.1. The second-order valence-electron chi connectivity index (χ2n) is 26.6. The molecule has 0 heterocycles. The molecule has 0 aromatic carbocycles. The Kier molecular flexibility index (Phi) is 72.9. The Morgan fingerprint density at radius 3 is 0.846 bits per heavy atom. The van der Waals surface area contributed by atoms with E-state index in [4.69, 9.17) is 37.0 Å². The van der Waals surface area contributed by atoms with E-state index in [0.29, 0.717) is 32.1 Å². The van der Waals surface area contributed by atoms with Crippen molar-refractivity contribution >= 4 is 39.5 Å². The van der Waals surface area contributed by atoms with Crippen LogP contribution in [0, 0.1) is 0 Å². The highest BCUT2D eigenvalue weighted by Crippen LogP contribution is 2.45. The Morgan fingerprint density at radius 1 is 0.279 bits per heavy atom. The lowest BCUT2D eigenvalue weighted by Gasteiger charge is -2.21. The van der Waals surface area contributed by atoms with Crippen molar-refractivity contribution in [3.63, 3.8) is 0 Å². The van der Waals surface area contributed by atoms with Crippen LogP contribution in [0.15, 0.2) is 134 Å². The Balaban J connectivity index is 5.43. The standard InChI is InChI=1S/C85H144O17P2/c1-5-9-13-17-21-25-29-33-36-38-39-41-44-47-50-54-58-62-66-70-83(88)95-75-80(101-84(89)71-67-63-59-55-51-45-32-28-24-20-16-12-8-4)77-99-103(91,92)97-73-79(86)74-98-104(93,94)100-78-81(102-85(90)72-68-64-60-56-52-48-42-35-31-27-23-19-15-11-7-3)76-96-82(87)69-65-61-57-53-49-46-43-40-37-34-30-26-22-18-14-10-6-2/h9-10,13-14,21-22,25-26,28,32-34,36-37,39,41,43,46-47,50,58,62,79-81,86H,5-8,11-12,15-20,23-24,27,29-31,35,38,40,42,44-45,48-49,51-57,59-61,63-78H2,1-4H3,(H,91,92)(H,93,94)/b13-9-,14-10-,25-21-,26-22-,32-28-,36-33-,37-34-,41-39-,46-43-,50-47-,62-58-. The van der Waals surface area contributed by atoms with E-state index < -0.39 is 97.5 Å². The number of carbonyl (C=O) groups excluding carboxylic acids is 4. The molecule has 17 nitrogen and oxygen atoms in total. The molecule has 5 unspecified atom stereocenters. The van der Waals surface area contributed by atoms with Crippen LogP contribution in [0.5, 0.6) is 0 Å². The van der Waals surface area contributed by atoms with Gasteiger partial charge in [-0.15, -0.1) is 0 Å². The van der Waals surface area contributed by atoms with Crippen LogP contribution in [0.2, 0.25) is 0 Å². The first-order valence-electron chi connectivity index (χ1n) is 40.4. The number of carbonyl (C=O) groups is 4. The van der Waals surface area contributed by atoms with Crippen LogP contribution in [-0.2, 0) is 65.4 Å². The van der Waals surface area contributed by atoms with Crippen molar-refractivity contribution in [3.8, 4) is 0 Å². The first kappa shape index (κ1) is 99.2. The van der Waals surface area contributed by atoms with Crippen molar-refractivity contribution < 1.29 is 80.2 Å². The Labute approximate surface area is 631 Å². The summed E-state index contributed by atoms with van der Waals surface area (Å²) in [5.41, 5.74) is 0. The highest BCUT2D eigenvalue weighted by molar-refractivity contribution is 7.47. The average molecular weight is 1500 g/mol. The Hall–Kier alpha value is -4.80. The van der Waals surface area contributed by atoms with Gasteiger partial charge in [0.25, 0.3) is 0 Å². The summed E-state index contributed by atoms with van der Waals surface area (Å²) in [5, 5.41) is 10.6. The third-order valence-corrected chi connectivity index (χ3v) is 18.5. The van der Waals surface area contributed by atoms with Crippen molar-refractivity contribution in [1.29, 1.82) is 0 Å². The number of phosphoric acid groups is 2. The van der Waals surface area contributed by atoms with Gasteiger partial charge in [0.2, 0.25) is 0 Å². The monoisotopic (exact) mass is 1500 g/mol. The van der Waals surface area contributed by atoms with E-state index >= 15 is 0 Å². The summed E-state index contributed by atoms with van der Waals surface area (Å²) in [6.45, 7) is 4.54. The van der Waals surface area contributed by atoms with Gasteiger partial charge in [-0.1, -0.05) is 303 Å². The van der Waals surface area contributed by atoms with Crippen LogP contribution >= 0.6 is 15.6 Å². The number of hydrogen-bond acceptors (Lipinski definition) is 15. The molecule has 0 aliphatic rings. The van der Waals surface area contributed by atoms with Crippen molar-refractivity contribution in [2.75, 3.05) is 39.6 Å². The summed E-state index contributed by atoms with van der Waals surface area (Å²) in [6.07, 6.45) is 85.8. The van der Waals surface area contributed by atoms with Crippen LogP contribution in [0.4, 0.5) is 0 Å².